The number of hydrogen-bond acceptors (Lipinski definition) is 5. The Morgan fingerprint density at radius 2 is 1.93 bits per heavy atom. The van der Waals surface area contributed by atoms with E-state index in [1.165, 1.54) is 12.8 Å². The highest BCUT2D eigenvalue weighted by Gasteiger charge is 2.25. The third-order valence-electron chi connectivity index (χ3n) is 5.11. The van der Waals surface area contributed by atoms with Crippen LogP contribution in [0.3, 0.4) is 0 Å². The number of pyridine rings is 2. The standard InChI is InChI=1S/C22H19N5O/c1-14(26-28)18-4-2-5-20(24-18)16-10-11-17-13-23-27(21(17)12-16)22-7-3-6-19(25-22)15-8-9-15/h2-7,10-13,15,28H,8-9H2,1H3. The van der Waals surface area contributed by atoms with Crippen molar-refractivity contribution in [3.63, 3.8) is 0 Å². The molecule has 6 heteroatoms. The van der Waals surface area contributed by atoms with E-state index in [1.807, 2.05) is 47.3 Å². The van der Waals surface area contributed by atoms with Crippen molar-refractivity contribution in [2.45, 2.75) is 25.7 Å². The smallest absolute Gasteiger partial charge is 0.154 e. The van der Waals surface area contributed by atoms with Crippen molar-refractivity contribution in [1.29, 1.82) is 0 Å². The minimum absolute atomic E-state index is 0.481. The molecule has 3 heterocycles. The van der Waals surface area contributed by atoms with Gasteiger partial charge in [-0.3, -0.25) is 0 Å². The Morgan fingerprint density at radius 1 is 1.07 bits per heavy atom. The first kappa shape index (κ1) is 16.6. The lowest BCUT2D eigenvalue weighted by atomic mass is 10.1. The molecular formula is C22H19N5O. The van der Waals surface area contributed by atoms with Crippen molar-refractivity contribution in [2.24, 2.45) is 5.16 Å². The van der Waals surface area contributed by atoms with E-state index >= 15 is 0 Å². The molecule has 3 aromatic heterocycles. The summed E-state index contributed by atoms with van der Waals surface area (Å²) in [6, 6.07) is 18.0. The number of hydrogen-bond donors (Lipinski definition) is 1. The van der Waals surface area contributed by atoms with E-state index in [0.29, 0.717) is 17.3 Å². The zero-order chi connectivity index (χ0) is 19.1. The van der Waals surface area contributed by atoms with E-state index in [0.717, 1.165) is 33.7 Å². The summed E-state index contributed by atoms with van der Waals surface area (Å²) in [4.78, 5) is 9.44. The van der Waals surface area contributed by atoms with Gasteiger partial charge in [0, 0.05) is 22.6 Å². The van der Waals surface area contributed by atoms with Crippen molar-refractivity contribution < 1.29 is 5.21 Å². The molecule has 28 heavy (non-hydrogen) atoms. The summed E-state index contributed by atoms with van der Waals surface area (Å²) in [5.41, 5.74) is 5.04. The van der Waals surface area contributed by atoms with E-state index in [2.05, 4.69) is 33.4 Å². The first-order valence-corrected chi connectivity index (χ1v) is 9.34. The number of benzene rings is 1. The Bertz CT molecular complexity index is 1210. The van der Waals surface area contributed by atoms with E-state index < -0.39 is 0 Å². The molecule has 0 amide bonds. The van der Waals surface area contributed by atoms with E-state index in [-0.39, 0.29) is 0 Å². The summed E-state index contributed by atoms with van der Waals surface area (Å²) in [6.45, 7) is 1.73. The molecule has 0 atom stereocenters. The highest BCUT2D eigenvalue weighted by atomic mass is 16.4. The van der Waals surface area contributed by atoms with Gasteiger partial charge >= 0.3 is 0 Å². The molecule has 0 unspecified atom stereocenters. The Morgan fingerprint density at radius 3 is 2.75 bits per heavy atom. The third kappa shape index (κ3) is 2.93. The number of fused-ring (bicyclic) bond motifs is 1. The fraction of sp³-hybridized carbons (Fsp3) is 0.182. The van der Waals surface area contributed by atoms with Gasteiger partial charge in [0.2, 0.25) is 0 Å². The molecule has 0 saturated heterocycles. The van der Waals surface area contributed by atoms with Gasteiger partial charge in [-0.05, 0) is 50.1 Å². The number of aromatic nitrogens is 4. The van der Waals surface area contributed by atoms with Crippen molar-refractivity contribution in [3.05, 3.63) is 72.2 Å². The molecule has 0 aliphatic heterocycles. The molecule has 1 N–H and O–H groups in total. The second kappa shape index (κ2) is 6.56. The lowest BCUT2D eigenvalue weighted by molar-refractivity contribution is 0.319. The van der Waals surface area contributed by atoms with E-state index in [1.54, 1.807) is 6.92 Å². The maximum absolute atomic E-state index is 9.02. The SMILES string of the molecule is CC(=NO)c1cccc(-c2ccc3cnn(-c4cccc(C5CC5)n4)c3c2)n1. The first-order chi connectivity index (χ1) is 13.7. The average molecular weight is 369 g/mol. The molecule has 6 nitrogen and oxygen atoms in total. The summed E-state index contributed by atoms with van der Waals surface area (Å²) in [7, 11) is 0. The van der Waals surface area contributed by atoms with Crippen LogP contribution >= 0.6 is 0 Å². The fourth-order valence-electron chi connectivity index (χ4n) is 3.37. The monoisotopic (exact) mass is 369 g/mol. The summed E-state index contributed by atoms with van der Waals surface area (Å²) in [5.74, 6) is 1.43. The van der Waals surface area contributed by atoms with Crippen LogP contribution in [0.15, 0.2) is 65.9 Å². The molecule has 5 rings (SSSR count). The lowest BCUT2D eigenvalue weighted by Gasteiger charge is -2.07. The predicted octanol–water partition coefficient (Wildman–Crippen LogP) is 4.56. The van der Waals surface area contributed by atoms with Crippen LogP contribution in [-0.4, -0.2) is 30.7 Å². The Balaban J connectivity index is 1.60. The molecule has 0 spiro atoms. The summed E-state index contributed by atoms with van der Waals surface area (Å²) >= 11 is 0. The van der Waals surface area contributed by atoms with Crippen LogP contribution in [0.4, 0.5) is 0 Å². The molecule has 4 aromatic rings. The van der Waals surface area contributed by atoms with Crippen molar-refractivity contribution >= 4 is 16.6 Å². The van der Waals surface area contributed by atoms with Crippen LogP contribution in [0.25, 0.3) is 28.0 Å². The van der Waals surface area contributed by atoms with Gasteiger partial charge in [-0.2, -0.15) is 5.10 Å². The molecule has 1 saturated carbocycles. The Hall–Kier alpha value is -3.54. The van der Waals surface area contributed by atoms with Gasteiger partial charge in [0.1, 0.15) is 5.71 Å². The molecule has 1 aromatic carbocycles. The predicted molar refractivity (Wildman–Crippen MR) is 108 cm³/mol. The minimum atomic E-state index is 0.481. The van der Waals surface area contributed by atoms with Gasteiger partial charge in [0.25, 0.3) is 0 Å². The van der Waals surface area contributed by atoms with Crippen molar-refractivity contribution in [3.8, 4) is 17.1 Å². The Kier molecular flexibility index (Phi) is 3.90. The van der Waals surface area contributed by atoms with Crippen LogP contribution in [0.5, 0.6) is 0 Å². The van der Waals surface area contributed by atoms with Crippen LogP contribution in [-0.2, 0) is 0 Å². The average Bonchev–Trinajstić information content (AvgIpc) is 3.52. The highest BCUT2D eigenvalue weighted by molar-refractivity contribution is 5.97. The topological polar surface area (TPSA) is 76.2 Å². The molecule has 138 valence electrons. The lowest BCUT2D eigenvalue weighted by Crippen LogP contribution is -2.01. The van der Waals surface area contributed by atoms with Crippen LogP contribution < -0.4 is 0 Å². The van der Waals surface area contributed by atoms with Gasteiger partial charge in [-0.25, -0.2) is 14.6 Å². The van der Waals surface area contributed by atoms with E-state index in [9.17, 15) is 0 Å². The summed E-state index contributed by atoms with van der Waals surface area (Å²) < 4.78 is 1.88. The van der Waals surface area contributed by atoms with Crippen LogP contribution in [0.1, 0.15) is 37.1 Å². The largest absolute Gasteiger partial charge is 0.411 e. The quantitative estimate of drug-likeness (QED) is 0.325. The molecule has 1 fully saturated rings. The molecule has 1 aliphatic carbocycles. The van der Waals surface area contributed by atoms with Crippen molar-refractivity contribution in [1.82, 2.24) is 19.7 Å². The van der Waals surface area contributed by atoms with Crippen molar-refractivity contribution in [2.75, 3.05) is 0 Å². The summed E-state index contributed by atoms with van der Waals surface area (Å²) in [5, 5.41) is 17.9. The zero-order valence-corrected chi connectivity index (χ0v) is 15.4. The van der Waals surface area contributed by atoms with Gasteiger partial charge in [0.05, 0.1) is 23.1 Å². The highest BCUT2D eigenvalue weighted by Crippen LogP contribution is 2.39. The zero-order valence-electron chi connectivity index (χ0n) is 15.4. The van der Waals surface area contributed by atoms with E-state index in [4.69, 9.17) is 10.2 Å². The maximum atomic E-state index is 9.02. The molecule has 1 aliphatic rings. The molecule has 0 bridgehead atoms. The fourth-order valence-corrected chi connectivity index (χ4v) is 3.37. The number of rotatable bonds is 4. The molecular weight excluding hydrogens is 350 g/mol. The van der Waals surface area contributed by atoms with Gasteiger partial charge < -0.3 is 5.21 Å². The maximum Gasteiger partial charge on any atom is 0.154 e. The van der Waals surface area contributed by atoms with Crippen LogP contribution in [0, 0.1) is 0 Å². The third-order valence-corrected chi connectivity index (χ3v) is 5.11. The molecule has 0 radical (unpaired) electrons. The Labute approximate surface area is 162 Å². The normalized spacial score (nSPS) is 14.5. The van der Waals surface area contributed by atoms with Gasteiger partial charge in [-0.1, -0.05) is 29.4 Å². The minimum Gasteiger partial charge on any atom is -0.411 e. The number of oxime groups is 1. The number of nitrogens with zero attached hydrogens (tertiary/aromatic N) is 5. The second-order valence-electron chi connectivity index (χ2n) is 7.12. The van der Waals surface area contributed by atoms with Crippen LogP contribution in [0.2, 0.25) is 0 Å². The summed E-state index contributed by atoms with van der Waals surface area (Å²) in [6.07, 6.45) is 4.30. The van der Waals surface area contributed by atoms with Gasteiger partial charge in [-0.15, -0.1) is 0 Å². The first-order valence-electron chi connectivity index (χ1n) is 9.34. The second-order valence-corrected chi connectivity index (χ2v) is 7.12. The van der Waals surface area contributed by atoms with Gasteiger partial charge in [0.15, 0.2) is 5.82 Å².